The van der Waals surface area contributed by atoms with Crippen LogP contribution in [0, 0.1) is 5.41 Å². The van der Waals surface area contributed by atoms with Crippen LogP contribution in [0.2, 0.25) is 0 Å². The smallest absolute Gasteiger partial charge is 0.247 e. The van der Waals surface area contributed by atoms with Crippen molar-refractivity contribution in [2.45, 2.75) is 53.5 Å². The molecule has 0 unspecified atom stereocenters. The van der Waals surface area contributed by atoms with E-state index in [1.54, 1.807) is 0 Å². The van der Waals surface area contributed by atoms with E-state index >= 15 is 0 Å². The van der Waals surface area contributed by atoms with Gasteiger partial charge in [-0.25, -0.2) is 0 Å². The molecule has 0 saturated carbocycles. The molecule has 3 nitrogen and oxygen atoms in total. The van der Waals surface area contributed by atoms with Crippen molar-refractivity contribution in [3.05, 3.63) is 11.1 Å². The monoisotopic (exact) mass is 238 g/mol. The highest BCUT2D eigenvalue weighted by atomic mass is 16.1. The fourth-order valence-electron chi connectivity index (χ4n) is 2.45. The van der Waals surface area contributed by atoms with Gasteiger partial charge in [-0.2, -0.15) is 0 Å². The van der Waals surface area contributed by atoms with E-state index in [0.717, 1.165) is 25.1 Å². The number of nitrogens with one attached hydrogen (secondary N) is 2. The van der Waals surface area contributed by atoms with Crippen molar-refractivity contribution in [2.75, 3.05) is 13.1 Å². The molecule has 0 spiro atoms. The second-order valence-corrected chi connectivity index (χ2v) is 6.91. The molecule has 0 radical (unpaired) electrons. The maximum atomic E-state index is 12.1. The Hall–Kier alpha value is -0.830. The van der Waals surface area contributed by atoms with E-state index in [4.69, 9.17) is 0 Å². The Morgan fingerprint density at radius 2 is 1.76 bits per heavy atom. The summed E-state index contributed by atoms with van der Waals surface area (Å²) < 4.78 is 0. The first kappa shape index (κ1) is 14.2. The topological polar surface area (TPSA) is 41.1 Å². The largest absolute Gasteiger partial charge is 0.347 e. The van der Waals surface area contributed by atoms with Gasteiger partial charge in [0.05, 0.1) is 0 Å². The molecule has 1 aliphatic rings. The van der Waals surface area contributed by atoms with Crippen LogP contribution < -0.4 is 10.6 Å². The molecule has 98 valence electrons. The van der Waals surface area contributed by atoms with Gasteiger partial charge in [0.1, 0.15) is 0 Å². The van der Waals surface area contributed by atoms with Crippen LogP contribution in [0.15, 0.2) is 11.1 Å². The molecule has 1 rings (SSSR count). The van der Waals surface area contributed by atoms with Crippen LogP contribution in [0.4, 0.5) is 0 Å². The number of rotatable bonds is 3. The summed E-state index contributed by atoms with van der Waals surface area (Å²) in [7, 11) is 0. The van der Waals surface area contributed by atoms with Crippen LogP contribution in [-0.2, 0) is 4.79 Å². The molecule has 3 heteroatoms. The molecule has 1 heterocycles. The molecule has 0 bridgehead atoms. The Morgan fingerprint density at radius 1 is 1.24 bits per heavy atom. The summed E-state index contributed by atoms with van der Waals surface area (Å²) in [5, 5.41) is 6.30. The van der Waals surface area contributed by atoms with Gasteiger partial charge in [-0.05, 0) is 38.2 Å². The van der Waals surface area contributed by atoms with Crippen LogP contribution in [0.3, 0.4) is 0 Å². The lowest BCUT2D eigenvalue weighted by Gasteiger charge is -2.34. The maximum Gasteiger partial charge on any atom is 0.247 e. The molecule has 2 N–H and O–H groups in total. The van der Waals surface area contributed by atoms with Gasteiger partial charge >= 0.3 is 0 Å². The van der Waals surface area contributed by atoms with E-state index < -0.39 is 0 Å². The minimum absolute atomic E-state index is 0.0794. The Morgan fingerprint density at radius 3 is 2.12 bits per heavy atom. The van der Waals surface area contributed by atoms with Crippen molar-refractivity contribution in [3.8, 4) is 0 Å². The van der Waals surface area contributed by atoms with Crippen molar-refractivity contribution in [1.29, 1.82) is 0 Å². The zero-order chi connectivity index (χ0) is 13.3. The van der Waals surface area contributed by atoms with Gasteiger partial charge < -0.3 is 10.6 Å². The summed E-state index contributed by atoms with van der Waals surface area (Å²) in [6, 6.07) is 0. The van der Waals surface area contributed by atoms with Crippen LogP contribution in [-0.4, -0.2) is 24.5 Å². The lowest BCUT2D eigenvalue weighted by molar-refractivity contribution is -0.119. The summed E-state index contributed by atoms with van der Waals surface area (Å²) in [6.45, 7) is 14.4. The maximum absolute atomic E-state index is 12.1. The first-order chi connectivity index (χ1) is 7.61. The molecule has 0 aromatic rings. The van der Waals surface area contributed by atoms with Gasteiger partial charge in [0, 0.05) is 24.2 Å². The average molecular weight is 238 g/mol. The lowest BCUT2D eigenvalue weighted by atomic mass is 9.81. The molecule has 17 heavy (non-hydrogen) atoms. The highest BCUT2D eigenvalue weighted by Gasteiger charge is 2.28. The van der Waals surface area contributed by atoms with E-state index in [-0.39, 0.29) is 16.9 Å². The fraction of sp³-hybridized carbons (Fsp3) is 0.786. The summed E-state index contributed by atoms with van der Waals surface area (Å²) >= 11 is 0. The normalized spacial score (nSPS) is 16.5. The highest BCUT2D eigenvalue weighted by Crippen LogP contribution is 2.27. The van der Waals surface area contributed by atoms with Crippen LogP contribution in [0.5, 0.6) is 0 Å². The summed E-state index contributed by atoms with van der Waals surface area (Å²) in [4.78, 5) is 12.1. The van der Waals surface area contributed by atoms with E-state index in [9.17, 15) is 4.79 Å². The minimum atomic E-state index is -0.158. The minimum Gasteiger partial charge on any atom is -0.347 e. The number of hydrogen-bond donors (Lipinski definition) is 2. The number of hydrogen-bond acceptors (Lipinski definition) is 2. The van der Waals surface area contributed by atoms with E-state index in [1.165, 1.54) is 5.57 Å². The summed E-state index contributed by atoms with van der Waals surface area (Å²) in [5.74, 6) is 0.0794. The molecular weight excluding hydrogens is 212 g/mol. The molecule has 0 aromatic carbocycles. The van der Waals surface area contributed by atoms with Gasteiger partial charge in [0.2, 0.25) is 5.91 Å². The predicted octanol–water partition coefficient (Wildman–Crippen LogP) is 2.24. The standard InChI is InChI=1S/C14H26N2O/c1-10(11-7-15-8-11)12(17)16-14(5,6)9-13(2,3)4/h15H,7-9H2,1-6H3,(H,16,17). The number of amides is 1. The first-order valence-electron chi connectivity index (χ1n) is 6.33. The van der Waals surface area contributed by atoms with E-state index in [2.05, 4.69) is 45.3 Å². The van der Waals surface area contributed by atoms with Crippen LogP contribution in [0.25, 0.3) is 0 Å². The molecule has 0 aliphatic carbocycles. The molecule has 0 aromatic heterocycles. The molecule has 1 saturated heterocycles. The van der Waals surface area contributed by atoms with E-state index in [0.29, 0.717) is 0 Å². The zero-order valence-corrected chi connectivity index (χ0v) is 12.0. The Bertz CT molecular complexity index is 329. The lowest BCUT2D eigenvalue weighted by Crippen LogP contribution is -2.47. The van der Waals surface area contributed by atoms with Crippen molar-refractivity contribution in [2.24, 2.45) is 5.41 Å². The summed E-state index contributed by atoms with van der Waals surface area (Å²) in [6.07, 6.45) is 0.965. The average Bonchev–Trinajstić information content (AvgIpc) is 1.93. The van der Waals surface area contributed by atoms with Crippen molar-refractivity contribution >= 4 is 5.91 Å². The highest BCUT2D eigenvalue weighted by molar-refractivity contribution is 5.94. The van der Waals surface area contributed by atoms with Gasteiger partial charge in [0.25, 0.3) is 0 Å². The van der Waals surface area contributed by atoms with Crippen LogP contribution in [0.1, 0.15) is 48.0 Å². The summed E-state index contributed by atoms with van der Waals surface area (Å²) in [5.41, 5.74) is 2.17. The predicted molar refractivity (Wildman–Crippen MR) is 71.9 cm³/mol. The van der Waals surface area contributed by atoms with E-state index in [1.807, 2.05) is 6.92 Å². The SMILES string of the molecule is CC(C(=O)NC(C)(C)CC(C)(C)C)=C1CNC1. The quantitative estimate of drug-likeness (QED) is 0.740. The van der Waals surface area contributed by atoms with Gasteiger partial charge in [-0.15, -0.1) is 0 Å². The third kappa shape index (κ3) is 4.50. The molecule has 1 fully saturated rings. The van der Waals surface area contributed by atoms with Gasteiger partial charge in [-0.1, -0.05) is 20.8 Å². The second kappa shape index (κ2) is 4.81. The molecular formula is C14H26N2O. The fourth-order valence-corrected chi connectivity index (χ4v) is 2.45. The number of carbonyl (C=O) groups excluding carboxylic acids is 1. The van der Waals surface area contributed by atoms with Gasteiger partial charge in [-0.3, -0.25) is 4.79 Å². The van der Waals surface area contributed by atoms with Crippen LogP contribution >= 0.6 is 0 Å². The Kier molecular flexibility index (Phi) is 4.03. The zero-order valence-electron chi connectivity index (χ0n) is 12.0. The number of carbonyl (C=O) groups is 1. The first-order valence-corrected chi connectivity index (χ1v) is 6.33. The third-order valence-electron chi connectivity index (χ3n) is 2.97. The van der Waals surface area contributed by atoms with Crippen molar-refractivity contribution < 1.29 is 4.79 Å². The third-order valence-corrected chi connectivity index (χ3v) is 2.97. The van der Waals surface area contributed by atoms with Crippen molar-refractivity contribution in [1.82, 2.24) is 10.6 Å². The van der Waals surface area contributed by atoms with Gasteiger partial charge in [0.15, 0.2) is 0 Å². The molecule has 1 aliphatic heterocycles. The Balaban J connectivity index is 2.61. The molecule has 1 amide bonds. The second-order valence-electron chi connectivity index (χ2n) is 6.91. The Labute approximate surface area is 105 Å². The van der Waals surface area contributed by atoms with Crippen molar-refractivity contribution in [3.63, 3.8) is 0 Å². The molecule has 0 atom stereocenters.